The predicted octanol–water partition coefficient (Wildman–Crippen LogP) is 4.65. The Balaban J connectivity index is 3.53. The van der Waals surface area contributed by atoms with Crippen LogP contribution >= 0.6 is 0 Å². The van der Waals surface area contributed by atoms with E-state index >= 15 is 0 Å². The smallest absolute Gasteiger partial charge is 0.286 e. The summed E-state index contributed by atoms with van der Waals surface area (Å²) < 4.78 is 4.98. The van der Waals surface area contributed by atoms with Gasteiger partial charge in [-0.2, -0.15) is 5.26 Å². The van der Waals surface area contributed by atoms with Gasteiger partial charge in [-0.3, -0.25) is 0 Å². The first-order chi connectivity index (χ1) is 7.78. The summed E-state index contributed by atoms with van der Waals surface area (Å²) in [5.41, 5.74) is 0. The summed E-state index contributed by atoms with van der Waals surface area (Å²) in [6.45, 7) is 6.62. The average Bonchev–Trinajstić information content (AvgIpc) is 2.31. The summed E-state index contributed by atoms with van der Waals surface area (Å²) in [4.78, 5) is 0. The molecular formula is C14H27NO. The predicted molar refractivity (Wildman–Crippen MR) is 67.9 cm³/mol. The number of unbranched alkanes of at least 4 members (excludes halogenated alkanes) is 1. The number of ether oxygens (including phenoxy) is 1. The second kappa shape index (κ2) is 10.8. The Morgan fingerprint density at radius 1 is 1.00 bits per heavy atom. The fourth-order valence-corrected chi connectivity index (χ4v) is 2.19. The van der Waals surface area contributed by atoms with E-state index in [1.807, 2.05) is 0 Å². The van der Waals surface area contributed by atoms with Gasteiger partial charge in [0.2, 0.25) is 0 Å². The molecule has 0 aromatic carbocycles. The maximum absolute atomic E-state index is 8.45. The summed E-state index contributed by atoms with van der Waals surface area (Å²) in [7, 11) is 0. The number of nitriles is 1. The summed E-state index contributed by atoms with van der Waals surface area (Å²) >= 11 is 0. The third kappa shape index (κ3) is 7.56. The lowest BCUT2D eigenvalue weighted by molar-refractivity contribution is 0.143. The van der Waals surface area contributed by atoms with Gasteiger partial charge in [-0.05, 0) is 25.2 Å². The first-order valence-electron chi connectivity index (χ1n) is 6.83. The molecule has 2 heteroatoms. The minimum atomic E-state index is 0.149. The van der Waals surface area contributed by atoms with E-state index in [-0.39, 0.29) is 6.10 Å². The summed E-state index contributed by atoms with van der Waals surface area (Å²) in [5.74, 6) is 0.905. The Kier molecular flexibility index (Phi) is 10.3. The fourth-order valence-electron chi connectivity index (χ4n) is 2.19. The van der Waals surface area contributed by atoms with Crippen LogP contribution in [0.5, 0.6) is 0 Å². The molecule has 0 aliphatic rings. The molecule has 0 aliphatic carbocycles. The van der Waals surface area contributed by atoms with E-state index in [0.29, 0.717) is 0 Å². The van der Waals surface area contributed by atoms with Crippen molar-refractivity contribution in [1.82, 2.24) is 0 Å². The van der Waals surface area contributed by atoms with Crippen molar-refractivity contribution in [2.45, 2.75) is 78.2 Å². The minimum Gasteiger partial charge on any atom is -0.424 e. The Bertz CT molecular complexity index is 186. The Morgan fingerprint density at radius 2 is 1.69 bits per heavy atom. The normalized spacial score (nSPS) is 14.1. The quantitative estimate of drug-likeness (QED) is 0.400. The van der Waals surface area contributed by atoms with E-state index in [4.69, 9.17) is 10.00 Å². The van der Waals surface area contributed by atoms with Gasteiger partial charge in [0.1, 0.15) is 6.10 Å². The molecule has 0 saturated heterocycles. The highest BCUT2D eigenvalue weighted by Crippen LogP contribution is 2.19. The minimum absolute atomic E-state index is 0.149. The van der Waals surface area contributed by atoms with Gasteiger partial charge in [-0.25, -0.2) is 0 Å². The van der Waals surface area contributed by atoms with Crippen LogP contribution in [0.1, 0.15) is 72.1 Å². The molecule has 0 aliphatic heterocycles. The van der Waals surface area contributed by atoms with Crippen molar-refractivity contribution in [1.29, 1.82) is 5.26 Å². The Labute approximate surface area is 101 Å². The largest absolute Gasteiger partial charge is 0.424 e. The maximum Gasteiger partial charge on any atom is 0.286 e. The molecule has 0 bridgehead atoms. The van der Waals surface area contributed by atoms with Crippen molar-refractivity contribution in [3.63, 3.8) is 0 Å². The molecule has 0 saturated carbocycles. The molecule has 0 spiro atoms. The van der Waals surface area contributed by atoms with Gasteiger partial charge in [0, 0.05) is 0 Å². The molecule has 0 N–H and O–H groups in total. The molecule has 94 valence electrons. The highest BCUT2D eigenvalue weighted by Gasteiger charge is 2.08. The van der Waals surface area contributed by atoms with E-state index in [0.717, 1.165) is 18.8 Å². The van der Waals surface area contributed by atoms with Crippen molar-refractivity contribution < 1.29 is 4.74 Å². The zero-order valence-electron chi connectivity index (χ0n) is 11.2. The maximum atomic E-state index is 8.45. The first kappa shape index (κ1) is 15.3. The molecule has 2 atom stereocenters. The average molecular weight is 225 g/mol. The van der Waals surface area contributed by atoms with Crippen LogP contribution in [0, 0.1) is 17.4 Å². The van der Waals surface area contributed by atoms with Crippen molar-refractivity contribution in [2.75, 3.05) is 0 Å². The number of nitrogens with zero attached hydrogens (tertiary/aromatic N) is 1. The van der Waals surface area contributed by atoms with Crippen LogP contribution in [-0.4, -0.2) is 6.10 Å². The van der Waals surface area contributed by atoms with Crippen LogP contribution in [0.4, 0.5) is 0 Å². The van der Waals surface area contributed by atoms with E-state index < -0.39 is 0 Å². The van der Waals surface area contributed by atoms with Crippen LogP contribution in [0.3, 0.4) is 0 Å². The van der Waals surface area contributed by atoms with Gasteiger partial charge in [0.15, 0.2) is 0 Å². The topological polar surface area (TPSA) is 33.0 Å². The zero-order valence-corrected chi connectivity index (χ0v) is 11.2. The van der Waals surface area contributed by atoms with Gasteiger partial charge >= 0.3 is 0 Å². The van der Waals surface area contributed by atoms with Crippen LogP contribution in [0.2, 0.25) is 0 Å². The van der Waals surface area contributed by atoms with Crippen LogP contribution < -0.4 is 0 Å². The fraction of sp³-hybridized carbons (Fsp3) is 0.929. The van der Waals surface area contributed by atoms with Crippen molar-refractivity contribution in [3.05, 3.63) is 0 Å². The monoisotopic (exact) mass is 225 g/mol. The number of rotatable bonds is 10. The zero-order chi connectivity index (χ0) is 12.2. The standard InChI is InChI=1S/C14H27NO/c1-4-9-13(5-2)10-7-8-11-14(6-3)16-12-15/h13-14H,4-11H2,1-3H3. The first-order valence-corrected chi connectivity index (χ1v) is 6.83. The van der Waals surface area contributed by atoms with E-state index in [9.17, 15) is 0 Å². The highest BCUT2D eigenvalue weighted by atomic mass is 16.5. The van der Waals surface area contributed by atoms with Crippen molar-refractivity contribution in [3.8, 4) is 6.26 Å². The second-order valence-electron chi connectivity index (χ2n) is 4.59. The molecular weight excluding hydrogens is 198 g/mol. The molecule has 2 nitrogen and oxygen atoms in total. The molecule has 0 heterocycles. The lowest BCUT2D eigenvalue weighted by Crippen LogP contribution is -2.08. The third-order valence-electron chi connectivity index (χ3n) is 3.34. The molecule has 2 unspecified atom stereocenters. The highest BCUT2D eigenvalue weighted by molar-refractivity contribution is 4.63. The van der Waals surface area contributed by atoms with E-state index in [1.54, 1.807) is 6.26 Å². The van der Waals surface area contributed by atoms with Crippen LogP contribution in [0.25, 0.3) is 0 Å². The SMILES string of the molecule is CCCC(CC)CCCCC(CC)OC#N. The second-order valence-corrected chi connectivity index (χ2v) is 4.59. The summed E-state index contributed by atoms with van der Waals surface area (Å²) in [5, 5.41) is 8.45. The van der Waals surface area contributed by atoms with Gasteiger partial charge < -0.3 is 4.74 Å². The molecule has 0 aromatic rings. The van der Waals surface area contributed by atoms with Gasteiger partial charge in [-0.15, -0.1) is 0 Å². The van der Waals surface area contributed by atoms with Gasteiger partial charge in [0.05, 0.1) is 0 Å². The number of hydrogen-bond acceptors (Lipinski definition) is 2. The Hall–Kier alpha value is -0.710. The summed E-state index contributed by atoms with van der Waals surface area (Å²) in [6.07, 6.45) is 11.7. The summed E-state index contributed by atoms with van der Waals surface area (Å²) in [6, 6.07) is 0. The Morgan fingerprint density at radius 3 is 2.19 bits per heavy atom. The lowest BCUT2D eigenvalue weighted by Gasteiger charge is -2.15. The van der Waals surface area contributed by atoms with Gasteiger partial charge in [0.25, 0.3) is 6.26 Å². The molecule has 0 aromatic heterocycles. The van der Waals surface area contributed by atoms with Crippen molar-refractivity contribution >= 4 is 0 Å². The molecule has 0 fully saturated rings. The lowest BCUT2D eigenvalue weighted by atomic mass is 9.93. The third-order valence-corrected chi connectivity index (χ3v) is 3.34. The molecule has 0 amide bonds. The van der Waals surface area contributed by atoms with E-state index in [1.165, 1.54) is 38.5 Å². The van der Waals surface area contributed by atoms with E-state index in [2.05, 4.69) is 20.8 Å². The number of hydrogen-bond donors (Lipinski definition) is 0. The van der Waals surface area contributed by atoms with Gasteiger partial charge in [-0.1, -0.05) is 52.9 Å². The molecule has 0 rings (SSSR count). The molecule has 0 radical (unpaired) electrons. The van der Waals surface area contributed by atoms with Crippen LogP contribution in [-0.2, 0) is 4.74 Å². The van der Waals surface area contributed by atoms with Crippen LogP contribution in [0.15, 0.2) is 0 Å². The molecule has 16 heavy (non-hydrogen) atoms. The van der Waals surface area contributed by atoms with Crippen molar-refractivity contribution in [2.24, 2.45) is 5.92 Å².